The van der Waals surface area contributed by atoms with Gasteiger partial charge < -0.3 is 30.2 Å². The molecule has 0 aliphatic rings. The van der Waals surface area contributed by atoms with Crippen molar-refractivity contribution in [2.24, 2.45) is 7.05 Å². The number of aromatic nitrogens is 3. The minimum Gasteiger partial charge on any atom is -0.449 e. The largest absolute Gasteiger partial charge is 0.449 e. The average molecular weight is 596 g/mol. The Balaban J connectivity index is 1.37. The molecule has 0 bridgehead atoms. The Kier molecular flexibility index (Phi) is 8.37. The smallest absolute Gasteiger partial charge is 0.290 e. The van der Waals surface area contributed by atoms with E-state index in [2.05, 4.69) is 31.2 Å². The number of anilines is 4. The van der Waals surface area contributed by atoms with Gasteiger partial charge >= 0.3 is 0 Å². The van der Waals surface area contributed by atoms with Crippen molar-refractivity contribution in [1.82, 2.24) is 14.7 Å². The third kappa shape index (κ3) is 6.26. The standard InChI is InChI=1S/C31H29N7O6/c1-5-32-26-23(29(40)35-21-11-9-19(10-12-21)25-18(3)44-38(4)31(25)42)13-17(2)34-27(26)30(41)36-22-8-6-7-20(14-22)28(39)37-24-15-43-16-33-24/h6-16,32H,5H2,1-4H3,(H,35,40)(H,36,41)(H,37,39). The van der Waals surface area contributed by atoms with Crippen LogP contribution in [0.1, 0.15) is 49.6 Å². The van der Waals surface area contributed by atoms with Gasteiger partial charge in [-0.15, -0.1) is 0 Å². The van der Waals surface area contributed by atoms with Crippen LogP contribution < -0.4 is 26.8 Å². The number of oxazole rings is 1. The summed E-state index contributed by atoms with van der Waals surface area (Å²) >= 11 is 0. The molecule has 3 heterocycles. The average Bonchev–Trinajstić information content (AvgIpc) is 3.60. The van der Waals surface area contributed by atoms with Gasteiger partial charge in [0.15, 0.2) is 17.9 Å². The summed E-state index contributed by atoms with van der Waals surface area (Å²) < 4.78 is 11.4. The van der Waals surface area contributed by atoms with Gasteiger partial charge in [0.05, 0.1) is 16.8 Å². The van der Waals surface area contributed by atoms with Gasteiger partial charge in [-0.25, -0.2) is 4.98 Å². The van der Waals surface area contributed by atoms with Crippen LogP contribution in [0.5, 0.6) is 0 Å². The summed E-state index contributed by atoms with van der Waals surface area (Å²) in [5, 5.41) is 11.3. The van der Waals surface area contributed by atoms with Gasteiger partial charge in [0.1, 0.15) is 12.0 Å². The quantitative estimate of drug-likeness (QED) is 0.186. The second-order valence-corrected chi connectivity index (χ2v) is 9.78. The molecule has 5 aromatic rings. The zero-order valence-electron chi connectivity index (χ0n) is 24.3. The van der Waals surface area contributed by atoms with Crippen LogP contribution in [0.3, 0.4) is 0 Å². The number of aryl methyl sites for hydroxylation is 3. The molecule has 5 rings (SSSR count). The van der Waals surface area contributed by atoms with Gasteiger partial charge in [-0.05, 0) is 62.7 Å². The predicted octanol–water partition coefficient (Wildman–Crippen LogP) is 4.83. The number of carbonyl (C=O) groups is 3. The van der Waals surface area contributed by atoms with Gasteiger partial charge in [-0.2, -0.15) is 9.72 Å². The number of pyridine rings is 1. The lowest BCUT2D eigenvalue weighted by molar-refractivity contribution is 0.101. The Hall–Kier alpha value is -5.98. The Bertz CT molecular complexity index is 1910. The lowest BCUT2D eigenvalue weighted by Crippen LogP contribution is -2.22. The normalized spacial score (nSPS) is 10.7. The van der Waals surface area contributed by atoms with Crippen molar-refractivity contribution in [1.29, 1.82) is 0 Å². The highest BCUT2D eigenvalue weighted by atomic mass is 16.5. The molecular weight excluding hydrogens is 566 g/mol. The van der Waals surface area contributed by atoms with Gasteiger partial charge in [-0.1, -0.05) is 18.2 Å². The number of hydrogen-bond acceptors (Lipinski definition) is 9. The van der Waals surface area contributed by atoms with Gasteiger partial charge in [0.25, 0.3) is 23.3 Å². The van der Waals surface area contributed by atoms with Crippen molar-refractivity contribution < 1.29 is 23.3 Å². The van der Waals surface area contributed by atoms with Crippen molar-refractivity contribution in [2.75, 3.05) is 27.8 Å². The summed E-state index contributed by atoms with van der Waals surface area (Å²) in [5.41, 5.74) is 2.89. The maximum Gasteiger partial charge on any atom is 0.290 e. The molecule has 0 radical (unpaired) electrons. The first-order chi connectivity index (χ1) is 21.1. The summed E-state index contributed by atoms with van der Waals surface area (Å²) in [6.07, 6.45) is 2.49. The van der Waals surface area contributed by atoms with Crippen LogP contribution in [0.25, 0.3) is 11.1 Å². The molecule has 0 spiro atoms. The van der Waals surface area contributed by atoms with Gasteiger partial charge in [-0.3, -0.25) is 19.2 Å². The number of hydrogen-bond donors (Lipinski definition) is 4. The molecule has 224 valence electrons. The van der Waals surface area contributed by atoms with E-state index in [0.29, 0.717) is 40.5 Å². The zero-order valence-corrected chi connectivity index (χ0v) is 24.3. The SMILES string of the molecule is CCNc1c(C(=O)Nc2ccc(-c3c(C)on(C)c3=O)cc2)cc(C)nc1C(=O)Nc1cccc(C(=O)Nc2cocn2)c1. The molecule has 0 aliphatic heterocycles. The Morgan fingerprint density at radius 2 is 1.66 bits per heavy atom. The first-order valence-corrected chi connectivity index (χ1v) is 13.6. The Labute approximate surface area is 251 Å². The molecule has 2 aromatic carbocycles. The van der Waals surface area contributed by atoms with Crippen LogP contribution in [0.15, 0.2) is 81.0 Å². The van der Waals surface area contributed by atoms with Crippen molar-refractivity contribution in [2.45, 2.75) is 20.8 Å². The molecule has 4 N–H and O–H groups in total. The van der Waals surface area contributed by atoms with E-state index >= 15 is 0 Å². The number of nitrogens with one attached hydrogen (secondary N) is 4. The Morgan fingerprint density at radius 3 is 2.32 bits per heavy atom. The summed E-state index contributed by atoms with van der Waals surface area (Å²) in [6, 6.07) is 14.7. The maximum atomic E-state index is 13.5. The molecule has 0 fully saturated rings. The summed E-state index contributed by atoms with van der Waals surface area (Å²) in [4.78, 5) is 60.2. The summed E-state index contributed by atoms with van der Waals surface area (Å²) in [6.45, 7) is 5.64. The highest BCUT2D eigenvalue weighted by molar-refractivity contribution is 6.14. The molecule has 3 amide bonds. The van der Waals surface area contributed by atoms with E-state index in [9.17, 15) is 19.2 Å². The number of benzene rings is 2. The molecule has 44 heavy (non-hydrogen) atoms. The monoisotopic (exact) mass is 595 g/mol. The highest BCUT2D eigenvalue weighted by Crippen LogP contribution is 2.26. The number of carbonyl (C=O) groups excluding carboxylic acids is 3. The molecule has 13 heteroatoms. The van der Waals surface area contributed by atoms with E-state index in [1.165, 1.54) is 18.7 Å². The lowest BCUT2D eigenvalue weighted by atomic mass is 10.1. The molecule has 0 unspecified atom stereocenters. The minimum atomic E-state index is -0.575. The van der Waals surface area contributed by atoms with Gasteiger partial charge in [0.2, 0.25) is 0 Å². The van der Waals surface area contributed by atoms with E-state index in [1.807, 2.05) is 6.92 Å². The van der Waals surface area contributed by atoms with E-state index in [0.717, 1.165) is 4.74 Å². The fourth-order valence-electron chi connectivity index (χ4n) is 4.61. The molecule has 13 nitrogen and oxygen atoms in total. The third-order valence-corrected chi connectivity index (χ3v) is 6.57. The topological polar surface area (TPSA) is 173 Å². The van der Waals surface area contributed by atoms with Crippen LogP contribution in [-0.2, 0) is 7.05 Å². The molecule has 0 saturated heterocycles. The lowest BCUT2D eigenvalue weighted by Gasteiger charge is -2.16. The summed E-state index contributed by atoms with van der Waals surface area (Å²) in [7, 11) is 1.54. The fourth-order valence-corrected chi connectivity index (χ4v) is 4.61. The minimum absolute atomic E-state index is 0.0103. The molecular formula is C31H29N7O6. The van der Waals surface area contributed by atoms with Crippen molar-refractivity contribution >= 4 is 40.6 Å². The third-order valence-electron chi connectivity index (χ3n) is 6.57. The van der Waals surface area contributed by atoms with Crippen LogP contribution in [0.4, 0.5) is 22.9 Å². The Morgan fingerprint density at radius 1 is 0.909 bits per heavy atom. The zero-order chi connectivity index (χ0) is 31.4. The van der Waals surface area contributed by atoms with Crippen LogP contribution >= 0.6 is 0 Å². The van der Waals surface area contributed by atoms with E-state index in [-0.39, 0.29) is 33.9 Å². The fraction of sp³-hybridized carbons (Fsp3) is 0.161. The maximum absolute atomic E-state index is 13.5. The second-order valence-electron chi connectivity index (χ2n) is 9.78. The first-order valence-electron chi connectivity index (χ1n) is 13.6. The number of nitrogens with zero attached hydrogens (tertiary/aromatic N) is 3. The van der Waals surface area contributed by atoms with E-state index in [1.54, 1.807) is 69.4 Å². The van der Waals surface area contributed by atoms with E-state index in [4.69, 9.17) is 8.94 Å². The van der Waals surface area contributed by atoms with Crippen molar-refractivity contribution in [3.05, 3.63) is 106 Å². The van der Waals surface area contributed by atoms with Crippen LogP contribution in [0.2, 0.25) is 0 Å². The van der Waals surface area contributed by atoms with Crippen molar-refractivity contribution in [3.8, 4) is 11.1 Å². The number of rotatable bonds is 9. The molecule has 0 saturated carbocycles. The molecule has 0 aliphatic carbocycles. The summed E-state index contributed by atoms with van der Waals surface area (Å²) in [5.74, 6) is -0.732. The van der Waals surface area contributed by atoms with Gasteiger partial charge in [0, 0.05) is 36.2 Å². The van der Waals surface area contributed by atoms with Crippen LogP contribution in [-0.4, -0.2) is 39.0 Å². The second kappa shape index (κ2) is 12.5. The molecule has 0 atom stereocenters. The van der Waals surface area contributed by atoms with Crippen LogP contribution in [0, 0.1) is 13.8 Å². The molecule has 3 aromatic heterocycles. The first kappa shape index (κ1) is 29.5. The predicted molar refractivity (Wildman–Crippen MR) is 164 cm³/mol. The van der Waals surface area contributed by atoms with E-state index < -0.39 is 17.7 Å². The van der Waals surface area contributed by atoms with Crippen molar-refractivity contribution in [3.63, 3.8) is 0 Å². The number of amides is 3. The highest BCUT2D eigenvalue weighted by Gasteiger charge is 2.23.